The highest BCUT2D eigenvalue weighted by molar-refractivity contribution is 5.01. The zero-order valence-electron chi connectivity index (χ0n) is 11.2. The van der Waals surface area contributed by atoms with Gasteiger partial charge in [-0.2, -0.15) is 5.10 Å². The smallest absolute Gasteiger partial charge is 0.0639 e. The Bertz CT molecular complexity index is 322. The lowest BCUT2D eigenvalue weighted by Crippen LogP contribution is -2.30. The Balaban J connectivity index is 2.45. The van der Waals surface area contributed by atoms with Crippen molar-refractivity contribution in [1.29, 1.82) is 0 Å². The van der Waals surface area contributed by atoms with Gasteiger partial charge >= 0.3 is 0 Å². The molecular weight excluding hydrogens is 198 g/mol. The quantitative estimate of drug-likeness (QED) is 0.851. The summed E-state index contributed by atoms with van der Waals surface area (Å²) in [5.74, 6) is 0.631. The second-order valence-electron chi connectivity index (χ2n) is 5.95. The van der Waals surface area contributed by atoms with Gasteiger partial charge in [-0.25, -0.2) is 0 Å². The maximum atomic E-state index is 6.16. The van der Waals surface area contributed by atoms with E-state index < -0.39 is 0 Å². The molecule has 2 N–H and O–H groups in total. The van der Waals surface area contributed by atoms with Crippen molar-refractivity contribution in [2.75, 3.05) is 0 Å². The van der Waals surface area contributed by atoms with Crippen LogP contribution >= 0.6 is 0 Å². The molecule has 1 aromatic rings. The van der Waals surface area contributed by atoms with E-state index in [0.717, 1.165) is 18.5 Å². The number of aryl methyl sites for hydroxylation is 1. The lowest BCUT2D eigenvalue weighted by atomic mass is 9.78. The first-order valence-electron chi connectivity index (χ1n) is 6.03. The molecule has 2 unspecified atom stereocenters. The molecule has 1 rings (SSSR count). The Morgan fingerprint density at radius 2 is 2.06 bits per heavy atom. The molecule has 0 saturated carbocycles. The largest absolute Gasteiger partial charge is 0.327 e. The van der Waals surface area contributed by atoms with Crippen LogP contribution in [0.15, 0.2) is 12.3 Å². The van der Waals surface area contributed by atoms with E-state index >= 15 is 0 Å². The first-order chi connectivity index (χ1) is 7.29. The molecule has 1 heterocycles. The third kappa shape index (κ3) is 3.97. The normalized spacial score (nSPS) is 16.1. The van der Waals surface area contributed by atoms with Crippen LogP contribution < -0.4 is 5.73 Å². The van der Waals surface area contributed by atoms with Gasteiger partial charge in [-0.15, -0.1) is 0 Å². The van der Waals surface area contributed by atoms with Gasteiger partial charge in [0.2, 0.25) is 0 Å². The fourth-order valence-corrected chi connectivity index (χ4v) is 1.73. The van der Waals surface area contributed by atoms with Gasteiger partial charge in [0, 0.05) is 25.7 Å². The predicted molar refractivity (Wildman–Crippen MR) is 68.1 cm³/mol. The standard InChI is InChI=1S/C13H25N3/c1-10(13(2,3)4)8-11(14)9-12-6-7-16(5)15-12/h6-7,10-11H,8-9,14H2,1-5H3. The van der Waals surface area contributed by atoms with Crippen LogP contribution in [0, 0.1) is 11.3 Å². The van der Waals surface area contributed by atoms with Crippen molar-refractivity contribution >= 4 is 0 Å². The van der Waals surface area contributed by atoms with Crippen molar-refractivity contribution in [3.8, 4) is 0 Å². The van der Waals surface area contributed by atoms with Gasteiger partial charge < -0.3 is 5.73 Å². The lowest BCUT2D eigenvalue weighted by molar-refractivity contribution is 0.232. The molecule has 0 aliphatic rings. The third-order valence-electron chi connectivity index (χ3n) is 3.37. The van der Waals surface area contributed by atoms with Crippen molar-refractivity contribution in [2.45, 2.75) is 46.6 Å². The van der Waals surface area contributed by atoms with Crippen LogP contribution in [0.25, 0.3) is 0 Å². The molecule has 2 atom stereocenters. The number of hydrogen-bond acceptors (Lipinski definition) is 2. The molecule has 16 heavy (non-hydrogen) atoms. The van der Waals surface area contributed by atoms with Crippen LogP contribution in [0.3, 0.4) is 0 Å². The molecule has 0 amide bonds. The number of rotatable bonds is 4. The zero-order valence-corrected chi connectivity index (χ0v) is 11.2. The maximum absolute atomic E-state index is 6.16. The first-order valence-corrected chi connectivity index (χ1v) is 6.03. The second-order valence-corrected chi connectivity index (χ2v) is 5.95. The van der Waals surface area contributed by atoms with E-state index in [1.165, 1.54) is 0 Å². The van der Waals surface area contributed by atoms with Gasteiger partial charge in [-0.1, -0.05) is 27.7 Å². The molecule has 92 valence electrons. The summed E-state index contributed by atoms with van der Waals surface area (Å²) < 4.78 is 1.83. The van der Waals surface area contributed by atoms with Crippen LogP contribution in [0.1, 0.15) is 39.8 Å². The molecular formula is C13H25N3. The van der Waals surface area contributed by atoms with Gasteiger partial charge in [0.25, 0.3) is 0 Å². The highest BCUT2D eigenvalue weighted by atomic mass is 15.2. The van der Waals surface area contributed by atoms with E-state index in [-0.39, 0.29) is 6.04 Å². The van der Waals surface area contributed by atoms with E-state index in [2.05, 4.69) is 32.8 Å². The molecule has 0 bridgehead atoms. The van der Waals surface area contributed by atoms with E-state index in [0.29, 0.717) is 11.3 Å². The molecule has 0 spiro atoms. The molecule has 0 saturated heterocycles. The average molecular weight is 223 g/mol. The number of nitrogens with two attached hydrogens (primary N) is 1. The monoisotopic (exact) mass is 223 g/mol. The van der Waals surface area contributed by atoms with E-state index in [9.17, 15) is 0 Å². The second kappa shape index (κ2) is 5.00. The number of aromatic nitrogens is 2. The van der Waals surface area contributed by atoms with Crippen LogP contribution in [-0.4, -0.2) is 15.8 Å². The molecule has 0 fully saturated rings. The summed E-state index contributed by atoms with van der Waals surface area (Å²) in [4.78, 5) is 0. The van der Waals surface area contributed by atoms with Crippen LogP contribution in [0.5, 0.6) is 0 Å². The zero-order chi connectivity index (χ0) is 12.3. The van der Waals surface area contributed by atoms with Crippen molar-refractivity contribution in [1.82, 2.24) is 9.78 Å². The Morgan fingerprint density at radius 3 is 2.50 bits per heavy atom. The summed E-state index contributed by atoms with van der Waals surface area (Å²) in [6, 6.07) is 2.26. The molecule has 0 aliphatic carbocycles. The van der Waals surface area contributed by atoms with Crippen molar-refractivity contribution in [2.24, 2.45) is 24.1 Å². The molecule has 0 aromatic carbocycles. The summed E-state index contributed by atoms with van der Waals surface area (Å²) >= 11 is 0. The molecule has 0 aliphatic heterocycles. The molecule has 0 radical (unpaired) electrons. The van der Waals surface area contributed by atoms with E-state index in [1.54, 1.807) is 0 Å². The van der Waals surface area contributed by atoms with E-state index in [1.807, 2.05) is 24.0 Å². The Morgan fingerprint density at radius 1 is 1.44 bits per heavy atom. The topological polar surface area (TPSA) is 43.8 Å². The van der Waals surface area contributed by atoms with Gasteiger partial charge in [0.1, 0.15) is 0 Å². The van der Waals surface area contributed by atoms with Crippen molar-refractivity contribution < 1.29 is 0 Å². The van der Waals surface area contributed by atoms with Gasteiger partial charge in [-0.05, 0) is 23.8 Å². The molecule has 3 heteroatoms. The van der Waals surface area contributed by atoms with Crippen molar-refractivity contribution in [3.63, 3.8) is 0 Å². The predicted octanol–water partition coefficient (Wildman–Crippen LogP) is 2.36. The highest BCUT2D eigenvalue weighted by Crippen LogP contribution is 2.29. The van der Waals surface area contributed by atoms with Gasteiger partial charge in [-0.3, -0.25) is 4.68 Å². The lowest BCUT2D eigenvalue weighted by Gasteiger charge is -2.29. The highest BCUT2D eigenvalue weighted by Gasteiger charge is 2.22. The van der Waals surface area contributed by atoms with Crippen molar-refractivity contribution in [3.05, 3.63) is 18.0 Å². The van der Waals surface area contributed by atoms with Crippen LogP contribution in [0.2, 0.25) is 0 Å². The summed E-state index contributed by atoms with van der Waals surface area (Å²) in [7, 11) is 1.94. The Kier molecular flexibility index (Phi) is 4.14. The van der Waals surface area contributed by atoms with E-state index in [4.69, 9.17) is 5.73 Å². The molecule has 3 nitrogen and oxygen atoms in total. The Hall–Kier alpha value is -0.830. The number of nitrogens with zero attached hydrogens (tertiary/aromatic N) is 2. The maximum Gasteiger partial charge on any atom is 0.0639 e. The van der Waals surface area contributed by atoms with Gasteiger partial charge in [0.15, 0.2) is 0 Å². The van der Waals surface area contributed by atoms with Gasteiger partial charge in [0.05, 0.1) is 5.69 Å². The average Bonchev–Trinajstić information content (AvgIpc) is 2.49. The minimum Gasteiger partial charge on any atom is -0.327 e. The minimum atomic E-state index is 0.212. The van der Waals surface area contributed by atoms with Crippen LogP contribution in [0.4, 0.5) is 0 Å². The summed E-state index contributed by atoms with van der Waals surface area (Å²) in [6.45, 7) is 9.08. The first kappa shape index (κ1) is 13.2. The Labute approximate surface area is 99.0 Å². The summed E-state index contributed by atoms with van der Waals surface area (Å²) in [5, 5.41) is 4.36. The number of hydrogen-bond donors (Lipinski definition) is 1. The minimum absolute atomic E-state index is 0.212. The SMILES string of the molecule is CC(CC(N)Cc1ccn(C)n1)C(C)(C)C. The third-order valence-corrected chi connectivity index (χ3v) is 3.37. The fourth-order valence-electron chi connectivity index (χ4n) is 1.73. The van der Waals surface area contributed by atoms with Crippen LogP contribution in [-0.2, 0) is 13.5 Å². The summed E-state index contributed by atoms with van der Waals surface area (Å²) in [5.41, 5.74) is 7.59. The summed E-state index contributed by atoms with van der Waals surface area (Å²) in [6.07, 6.45) is 3.90. The fraction of sp³-hybridized carbons (Fsp3) is 0.769. The molecule has 1 aromatic heterocycles.